The first-order valence-corrected chi connectivity index (χ1v) is 13.6. The highest BCUT2D eigenvalue weighted by Gasteiger charge is 2.36. The maximum atomic E-state index is 13.8. The molecule has 198 valence electrons. The van der Waals surface area contributed by atoms with Crippen LogP contribution in [0.3, 0.4) is 0 Å². The van der Waals surface area contributed by atoms with Gasteiger partial charge in [-0.2, -0.15) is 13.2 Å². The Hall–Kier alpha value is -1.56. The quantitative estimate of drug-likeness (QED) is 0.275. The molecule has 0 saturated heterocycles. The van der Waals surface area contributed by atoms with Crippen LogP contribution in [0, 0.1) is 11.8 Å². The first kappa shape index (κ1) is 29.7. The van der Waals surface area contributed by atoms with Crippen molar-refractivity contribution in [2.75, 3.05) is 13.2 Å². The maximum Gasteiger partial charge on any atom is 0.469 e. The van der Waals surface area contributed by atoms with Crippen molar-refractivity contribution in [1.82, 2.24) is 10.2 Å². The summed E-state index contributed by atoms with van der Waals surface area (Å²) in [4.78, 5) is 17.8. The highest BCUT2D eigenvalue weighted by Crippen LogP contribution is 2.41. The minimum atomic E-state index is -4.75. The Balaban J connectivity index is 2.12. The van der Waals surface area contributed by atoms with Gasteiger partial charge in [-0.3, -0.25) is 4.52 Å². The smallest absolute Gasteiger partial charge is 0.469 e. The summed E-state index contributed by atoms with van der Waals surface area (Å²) in [5.41, 5.74) is 3.87. The van der Waals surface area contributed by atoms with Crippen LogP contribution in [0.25, 0.3) is 10.6 Å². The standard InChI is InChI=1S/C22H33F3N3O5PS/c1-14(2)6-5-7-15(3)10-11-32-18-9-8-16(12-17(18)22(23,24)25)19-27-28-20(35-19)21(4,26)13-33-34(29,30)31/h8-9,12,14-15H,5-7,10-11,13,26H2,1-4H3,(H2,29,30,31)/t15?,21-/m0/s1. The number of benzene rings is 1. The summed E-state index contributed by atoms with van der Waals surface area (Å²) in [6.45, 7) is 7.44. The molecule has 0 saturated carbocycles. The lowest BCUT2D eigenvalue weighted by atomic mass is 9.98. The monoisotopic (exact) mass is 539 g/mol. The number of alkyl halides is 3. The summed E-state index contributed by atoms with van der Waals surface area (Å²) >= 11 is 0.912. The fourth-order valence-corrected chi connectivity index (χ4v) is 4.57. The molecule has 0 spiro atoms. The molecule has 1 aromatic carbocycles. The van der Waals surface area contributed by atoms with E-state index in [-0.39, 0.29) is 27.9 Å². The van der Waals surface area contributed by atoms with E-state index < -0.39 is 31.7 Å². The van der Waals surface area contributed by atoms with Gasteiger partial charge < -0.3 is 20.3 Å². The molecule has 0 aliphatic rings. The fourth-order valence-electron chi connectivity index (χ4n) is 3.25. The van der Waals surface area contributed by atoms with Crippen LogP contribution in [0.5, 0.6) is 5.75 Å². The summed E-state index contributed by atoms with van der Waals surface area (Å²) in [5, 5.41) is 8.11. The van der Waals surface area contributed by atoms with Crippen molar-refractivity contribution in [3.63, 3.8) is 0 Å². The Bertz CT molecular complexity index is 1010. The van der Waals surface area contributed by atoms with Crippen LogP contribution < -0.4 is 10.5 Å². The average Bonchev–Trinajstić information content (AvgIpc) is 3.22. The zero-order valence-corrected chi connectivity index (χ0v) is 21.9. The number of nitrogens with two attached hydrogens (primary N) is 1. The lowest BCUT2D eigenvalue weighted by molar-refractivity contribution is -0.138. The van der Waals surface area contributed by atoms with Crippen molar-refractivity contribution in [1.29, 1.82) is 0 Å². The zero-order valence-electron chi connectivity index (χ0n) is 20.2. The van der Waals surface area contributed by atoms with Gasteiger partial charge in [0.1, 0.15) is 15.8 Å². The number of aromatic nitrogens is 2. The molecule has 1 unspecified atom stereocenters. The van der Waals surface area contributed by atoms with Crippen molar-refractivity contribution in [2.45, 2.75) is 65.1 Å². The minimum Gasteiger partial charge on any atom is -0.493 e. The molecule has 0 aliphatic heterocycles. The number of hydrogen-bond donors (Lipinski definition) is 3. The van der Waals surface area contributed by atoms with Gasteiger partial charge >= 0.3 is 14.0 Å². The van der Waals surface area contributed by atoms with Gasteiger partial charge in [0.2, 0.25) is 0 Å². The van der Waals surface area contributed by atoms with E-state index in [1.165, 1.54) is 19.1 Å². The topological polar surface area (TPSA) is 128 Å². The normalized spacial score (nSPS) is 15.3. The van der Waals surface area contributed by atoms with Gasteiger partial charge in [0.25, 0.3) is 0 Å². The number of rotatable bonds is 13. The molecule has 35 heavy (non-hydrogen) atoms. The SMILES string of the molecule is CC(C)CCCC(C)CCOc1ccc(-c2nnc([C@@](C)(N)COP(=O)(O)O)s2)cc1C(F)(F)F. The number of phosphoric acid groups is 1. The Kier molecular flexibility index (Phi) is 10.3. The molecule has 0 amide bonds. The third-order valence-electron chi connectivity index (χ3n) is 5.32. The Morgan fingerprint density at radius 1 is 1.14 bits per heavy atom. The largest absolute Gasteiger partial charge is 0.493 e. The molecule has 1 heterocycles. The van der Waals surface area contributed by atoms with E-state index in [0.29, 0.717) is 18.3 Å². The van der Waals surface area contributed by atoms with Crippen molar-refractivity contribution >= 4 is 19.2 Å². The van der Waals surface area contributed by atoms with Gasteiger partial charge in [-0.1, -0.05) is 51.4 Å². The van der Waals surface area contributed by atoms with E-state index in [1.807, 2.05) is 0 Å². The first-order valence-electron chi connectivity index (χ1n) is 11.3. The van der Waals surface area contributed by atoms with Gasteiger partial charge in [-0.25, -0.2) is 4.57 Å². The van der Waals surface area contributed by atoms with Crippen LogP contribution in [0.1, 0.15) is 63.9 Å². The second kappa shape index (κ2) is 12.1. The maximum absolute atomic E-state index is 13.8. The van der Waals surface area contributed by atoms with E-state index in [1.54, 1.807) is 0 Å². The minimum absolute atomic E-state index is 0.154. The molecule has 2 rings (SSSR count). The van der Waals surface area contributed by atoms with Gasteiger partial charge in [0.15, 0.2) is 0 Å². The van der Waals surface area contributed by atoms with E-state index in [4.69, 9.17) is 20.3 Å². The molecule has 0 bridgehead atoms. The predicted octanol–water partition coefficient (Wildman–Crippen LogP) is 5.74. The Labute approximate surface area is 207 Å². The first-order chi connectivity index (χ1) is 16.1. The van der Waals surface area contributed by atoms with E-state index in [0.717, 1.165) is 36.7 Å². The highest BCUT2D eigenvalue weighted by molar-refractivity contribution is 7.46. The number of halogens is 3. The van der Waals surface area contributed by atoms with Gasteiger partial charge in [-0.05, 0) is 43.4 Å². The molecule has 2 aromatic rings. The second-order valence-corrected chi connectivity index (χ2v) is 11.6. The predicted molar refractivity (Wildman–Crippen MR) is 128 cm³/mol. The van der Waals surface area contributed by atoms with E-state index in [9.17, 15) is 17.7 Å². The number of hydrogen-bond acceptors (Lipinski definition) is 7. The number of nitrogens with zero attached hydrogens (tertiary/aromatic N) is 2. The molecule has 0 radical (unpaired) electrons. The van der Waals surface area contributed by atoms with Crippen LogP contribution in [0.4, 0.5) is 13.2 Å². The molecule has 0 fully saturated rings. The molecule has 13 heteroatoms. The van der Waals surface area contributed by atoms with Crippen LogP contribution >= 0.6 is 19.2 Å². The van der Waals surface area contributed by atoms with Crippen LogP contribution in [0.15, 0.2) is 18.2 Å². The van der Waals surface area contributed by atoms with Gasteiger partial charge in [-0.15, -0.1) is 10.2 Å². The molecule has 8 nitrogen and oxygen atoms in total. The summed E-state index contributed by atoms with van der Waals surface area (Å²) in [7, 11) is -4.75. The van der Waals surface area contributed by atoms with Crippen LogP contribution in [-0.2, 0) is 20.8 Å². The molecule has 2 atom stereocenters. The summed E-state index contributed by atoms with van der Waals surface area (Å²) in [6.07, 6.45) is -0.772. The Morgan fingerprint density at radius 3 is 2.43 bits per heavy atom. The van der Waals surface area contributed by atoms with Crippen molar-refractivity contribution in [3.05, 3.63) is 28.8 Å². The Morgan fingerprint density at radius 2 is 1.83 bits per heavy atom. The third kappa shape index (κ3) is 9.78. The number of phosphoric ester groups is 1. The van der Waals surface area contributed by atoms with Gasteiger partial charge in [0.05, 0.1) is 24.3 Å². The summed E-state index contributed by atoms with van der Waals surface area (Å²) in [5.74, 6) is 0.725. The van der Waals surface area contributed by atoms with Crippen molar-refractivity contribution < 1.29 is 36.8 Å². The molecule has 0 aliphatic carbocycles. The fraction of sp³-hybridized carbons (Fsp3) is 0.636. The average molecular weight is 540 g/mol. The zero-order chi connectivity index (χ0) is 26.4. The van der Waals surface area contributed by atoms with E-state index in [2.05, 4.69) is 35.5 Å². The molecule has 1 aromatic heterocycles. The van der Waals surface area contributed by atoms with Crippen molar-refractivity contribution in [3.8, 4) is 16.3 Å². The summed E-state index contributed by atoms with van der Waals surface area (Å²) in [6, 6.07) is 3.67. The number of ether oxygens (including phenoxy) is 1. The third-order valence-corrected chi connectivity index (χ3v) is 7.04. The lowest BCUT2D eigenvalue weighted by Crippen LogP contribution is -2.37. The van der Waals surface area contributed by atoms with Crippen LogP contribution in [0.2, 0.25) is 0 Å². The highest BCUT2D eigenvalue weighted by atomic mass is 32.1. The van der Waals surface area contributed by atoms with Gasteiger partial charge in [0, 0.05) is 5.56 Å². The van der Waals surface area contributed by atoms with E-state index >= 15 is 0 Å². The second-order valence-electron chi connectivity index (χ2n) is 9.37. The summed E-state index contributed by atoms with van der Waals surface area (Å²) < 4.78 is 62.2. The molecular weight excluding hydrogens is 506 g/mol. The molecular formula is C22H33F3N3O5PS. The van der Waals surface area contributed by atoms with Crippen LogP contribution in [-0.4, -0.2) is 33.2 Å². The molecule has 4 N–H and O–H groups in total. The van der Waals surface area contributed by atoms with Crippen molar-refractivity contribution in [2.24, 2.45) is 17.6 Å². The lowest BCUT2D eigenvalue weighted by Gasteiger charge is -2.21.